The summed E-state index contributed by atoms with van der Waals surface area (Å²) in [6.07, 6.45) is -0.315. The van der Waals surface area contributed by atoms with E-state index in [0.717, 1.165) is 0 Å². The van der Waals surface area contributed by atoms with Gasteiger partial charge in [0.25, 0.3) is 0 Å². The van der Waals surface area contributed by atoms with Crippen molar-refractivity contribution in [3.63, 3.8) is 0 Å². The third-order valence-electron chi connectivity index (χ3n) is 3.59. The summed E-state index contributed by atoms with van der Waals surface area (Å²) < 4.78 is 5.22. The average molecular weight is 329 g/mol. The first-order valence-corrected chi connectivity index (χ1v) is 7.80. The summed E-state index contributed by atoms with van der Waals surface area (Å²) in [4.78, 5) is 37.4. The second kappa shape index (κ2) is 8.03. The van der Waals surface area contributed by atoms with Crippen LogP contribution in [0.3, 0.4) is 0 Å². The first-order chi connectivity index (χ1) is 10.6. The van der Waals surface area contributed by atoms with Gasteiger partial charge in [-0.2, -0.15) is 0 Å². The highest BCUT2D eigenvalue weighted by Gasteiger charge is 2.27. The molecule has 0 aromatic heterocycles. The molecule has 0 aromatic rings. The summed E-state index contributed by atoms with van der Waals surface area (Å²) in [5, 5.41) is 11.7. The van der Waals surface area contributed by atoms with Crippen LogP contribution in [0.5, 0.6) is 0 Å². The molecule has 1 saturated heterocycles. The number of likely N-dealkylation sites (N-methyl/N-ethyl adjacent to an activating group) is 1. The van der Waals surface area contributed by atoms with Gasteiger partial charge >= 0.3 is 12.2 Å². The van der Waals surface area contributed by atoms with Crippen LogP contribution in [0.15, 0.2) is 0 Å². The molecular weight excluding hydrogens is 302 g/mol. The van der Waals surface area contributed by atoms with Gasteiger partial charge in [-0.05, 0) is 33.6 Å². The van der Waals surface area contributed by atoms with E-state index in [0.29, 0.717) is 39.0 Å². The summed E-state index contributed by atoms with van der Waals surface area (Å²) in [5.41, 5.74) is -0.549. The van der Waals surface area contributed by atoms with Crippen molar-refractivity contribution < 1.29 is 24.2 Å². The quantitative estimate of drug-likeness (QED) is 0.811. The fraction of sp³-hybridized carbons (Fsp3) is 0.800. The van der Waals surface area contributed by atoms with E-state index in [-0.39, 0.29) is 11.8 Å². The molecule has 1 aliphatic rings. The lowest BCUT2D eigenvalue weighted by Crippen LogP contribution is -2.44. The number of carboxylic acid groups (broad SMARTS) is 1. The number of amides is 3. The molecule has 3 amide bonds. The molecule has 2 N–H and O–H groups in total. The zero-order valence-corrected chi connectivity index (χ0v) is 14.3. The normalized spacial score (nSPS) is 15.9. The molecule has 0 saturated carbocycles. The van der Waals surface area contributed by atoms with E-state index in [1.807, 2.05) is 0 Å². The first kappa shape index (κ1) is 19.1. The van der Waals surface area contributed by atoms with Gasteiger partial charge in [-0.3, -0.25) is 4.79 Å². The van der Waals surface area contributed by atoms with Gasteiger partial charge in [0.05, 0.1) is 0 Å². The van der Waals surface area contributed by atoms with Crippen LogP contribution in [0.1, 0.15) is 33.6 Å². The van der Waals surface area contributed by atoms with Crippen molar-refractivity contribution in [2.24, 2.45) is 5.92 Å². The molecule has 0 radical (unpaired) electrons. The van der Waals surface area contributed by atoms with E-state index in [4.69, 9.17) is 9.84 Å². The maximum Gasteiger partial charge on any atom is 0.410 e. The largest absolute Gasteiger partial charge is 0.465 e. The Labute approximate surface area is 136 Å². The molecule has 0 aromatic carbocycles. The van der Waals surface area contributed by atoms with Crippen molar-refractivity contribution in [2.75, 3.05) is 33.2 Å². The van der Waals surface area contributed by atoms with Crippen molar-refractivity contribution in [1.82, 2.24) is 15.1 Å². The average Bonchev–Trinajstić information content (AvgIpc) is 2.45. The van der Waals surface area contributed by atoms with Gasteiger partial charge in [0.15, 0.2) is 0 Å². The molecule has 1 heterocycles. The lowest BCUT2D eigenvalue weighted by molar-refractivity contribution is -0.126. The Morgan fingerprint density at radius 1 is 1.26 bits per heavy atom. The summed E-state index contributed by atoms with van der Waals surface area (Å²) in [6.45, 7) is 6.84. The van der Waals surface area contributed by atoms with Crippen molar-refractivity contribution >= 4 is 18.1 Å². The molecule has 1 fully saturated rings. The third-order valence-corrected chi connectivity index (χ3v) is 3.59. The standard InChI is InChI=1S/C15H27N3O5/c1-15(2,3)23-14(22)17(4)10-7-16-12(19)11-5-8-18(9-6-11)13(20)21/h11H,5-10H2,1-4H3,(H,16,19)(H,20,21). The summed E-state index contributed by atoms with van der Waals surface area (Å²) in [7, 11) is 1.62. The number of carbonyl (C=O) groups is 3. The summed E-state index contributed by atoms with van der Waals surface area (Å²) in [5.74, 6) is -0.259. The minimum atomic E-state index is -0.942. The Bertz CT molecular complexity index is 439. The van der Waals surface area contributed by atoms with E-state index in [1.54, 1.807) is 27.8 Å². The predicted octanol–water partition coefficient (Wildman–Crippen LogP) is 1.36. The van der Waals surface area contributed by atoms with Crippen molar-refractivity contribution in [1.29, 1.82) is 0 Å². The lowest BCUT2D eigenvalue weighted by Gasteiger charge is -2.29. The highest BCUT2D eigenvalue weighted by molar-refractivity contribution is 5.79. The number of nitrogens with one attached hydrogen (secondary N) is 1. The molecule has 0 bridgehead atoms. The fourth-order valence-electron chi connectivity index (χ4n) is 2.26. The van der Waals surface area contributed by atoms with Crippen LogP contribution in [0, 0.1) is 5.92 Å². The molecule has 132 valence electrons. The Hall–Kier alpha value is -1.99. The minimum Gasteiger partial charge on any atom is -0.465 e. The van der Waals surface area contributed by atoms with E-state index in [9.17, 15) is 14.4 Å². The Morgan fingerprint density at radius 2 is 1.83 bits per heavy atom. The van der Waals surface area contributed by atoms with E-state index in [1.165, 1.54) is 9.80 Å². The van der Waals surface area contributed by atoms with Gasteiger partial charge in [0, 0.05) is 39.1 Å². The number of hydrogen-bond acceptors (Lipinski definition) is 4. The van der Waals surface area contributed by atoms with Gasteiger partial charge in [0.2, 0.25) is 5.91 Å². The van der Waals surface area contributed by atoms with Crippen LogP contribution in [-0.2, 0) is 9.53 Å². The van der Waals surface area contributed by atoms with Crippen LogP contribution in [0.25, 0.3) is 0 Å². The number of carbonyl (C=O) groups excluding carboxylic acids is 2. The van der Waals surface area contributed by atoms with Crippen LogP contribution < -0.4 is 5.32 Å². The Kier molecular flexibility index (Phi) is 6.65. The Balaban J connectivity index is 2.26. The monoisotopic (exact) mass is 329 g/mol. The smallest absolute Gasteiger partial charge is 0.410 e. The summed E-state index contributed by atoms with van der Waals surface area (Å²) in [6, 6.07) is 0. The van der Waals surface area contributed by atoms with Gasteiger partial charge in [-0.25, -0.2) is 9.59 Å². The molecule has 1 rings (SSSR count). The molecule has 0 spiro atoms. The topological polar surface area (TPSA) is 99.2 Å². The molecule has 23 heavy (non-hydrogen) atoms. The van der Waals surface area contributed by atoms with Crippen LogP contribution >= 0.6 is 0 Å². The van der Waals surface area contributed by atoms with Crippen molar-refractivity contribution in [3.8, 4) is 0 Å². The maximum atomic E-state index is 12.0. The number of likely N-dealkylation sites (tertiary alicyclic amines) is 1. The third kappa shape index (κ3) is 6.75. The van der Waals surface area contributed by atoms with Crippen LogP contribution in [-0.4, -0.2) is 71.8 Å². The van der Waals surface area contributed by atoms with Gasteiger partial charge < -0.3 is 25.0 Å². The van der Waals surface area contributed by atoms with Crippen LogP contribution in [0.4, 0.5) is 9.59 Å². The van der Waals surface area contributed by atoms with E-state index < -0.39 is 17.8 Å². The van der Waals surface area contributed by atoms with Gasteiger partial charge in [-0.1, -0.05) is 0 Å². The zero-order chi connectivity index (χ0) is 17.6. The number of nitrogens with zero attached hydrogens (tertiary/aromatic N) is 2. The first-order valence-electron chi connectivity index (χ1n) is 7.80. The highest BCUT2D eigenvalue weighted by Crippen LogP contribution is 2.17. The molecule has 0 aliphatic carbocycles. The molecule has 0 unspecified atom stereocenters. The second-order valence-electron chi connectivity index (χ2n) is 6.74. The number of piperidine rings is 1. The fourth-order valence-corrected chi connectivity index (χ4v) is 2.26. The SMILES string of the molecule is CN(CCNC(=O)C1CCN(C(=O)O)CC1)C(=O)OC(C)(C)C. The van der Waals surface area contributed by atoms with Crippen molar-refractivity contribution in [3.05, 3.63) is 0 Å². The minimum absolute atomic E-state index is 0.0902. The lowest BCUT2D eigenvalue weighted by atomic mass is 9.96. The highest BCUT2D eigenvalue weighted by atomic mass is 16.6. The summed E-state index contributed by atoms with van der Waals surface area (Å²) >= 11 is 0. The molecular formula is C15H27N3O5. The number of ether oxygens (including phenoxy) is 1. The zero-order valence-electron chi connectivity index (χ0n) is 14.3. The second-order valence-corrected chi connectivity index (χ2v) is 6.74. The van der Waals surface area contributed by atoms with Crippen molar-refractivity contribution in [2.45, 2.75) is 39.2 Å². The number of hydrogen-bond donors (Lipinski definition) is 2. The Morgan fingerprint density at radius 3 is 2.30 bits per heavy atom. The van der Waals surface area contributed by atoms with Crippen LogP contribution in [0.2, 0.25) is 0 Å². The number of rotatable bonds is 4. The molecule has 1 aliphatic heterocycles. The van der Waals surface area contributed by atoms with Gasteiger partial charge in [-0.15, -0.1) is 0 Å². The van der Waals surface area contributed by atoms with E-state index >= 15 is 0 Å². The molecule has 8 heteroatoms. The van der Waals surface area contributed by atoms with Gasteiger partial charge in [0.1, 0.15) is 5.60 Å². The maximum absolute atomic E-state index is 12.0. The molecule has 0 atom stereocenters. The van der Waals surface area contributed by atoms with E-state index in [2.05, 4.69) is 5.32 Å². The predicted molar refractivity (Wildman–Crippen MR) is 84.2 cm³/mol. The molecule has 8 nitrogen and oxygen atoms in total.